The summed E-state index contributed by atoms with van der Waals surface area (Å²) in [5.74, 6) is 1.27. The van der Waals surface area contributed by atoms with Gasteiger partial charge in [-0.05, 0) is 26.0 Å². The molecule has 0 radical (unpaired) electrons. The first kappa shape index (κ1) is 17.3. The molecular weight excluding hydrogens is 306 g/mol. The maximum atomic E-state index is 10.5. The molecule has 0 amide bonds. The highest BCUT2D eigenvalue weighted by atomic mass is 16.4. The SMILES string of the molecule is CCNC(=NCC(C)(O)c1ccco1)NCC1CN2CCN1CC2. The molecule has 0 saturated carbocycles. The Kier molecular flexibility index (Phi) is 5.43. The third-order valence-corrected chi connectivity index (χ3v) is 4.84. The van der Waals surface area contributed by atoms with Gasteiger partial charge in [0.2, 0.25) is 0 Å². The van der Waals surface area contributed by atoms with Gasteiger partial charge >= 0.3 is 0 Å². The van der Waals surface area contributed by atoms with E-state index in [1.165, 1.54) is 13.1 Å². The van der Waals surface area contributed by atoms with Crippen LogP contribution in [-0.4, -0.2) is 79.3 Å². The van der Waals surface area contributed by atoms with Crippen molar-refractivity contribution in [2.24, 2.45) is 4.99 Å². The van der Waals surface area contributed by atoms with E-state index in [1.54, 1.807) is 25.3 Å². The molecule has 3 fully saturated rings. The smallest absolute Gasteiger partial charge is 0.191 e. The Hall–Kier alpha value is -1.57. The van der Waals surface area contributed by atoms with Gasteiger partial charge in [-0.15, -0.1) is 0 Å². The van der Waals surface area contributed by atoms with Crippen LogP contribution in [0.15, 0.2) is 27.8 Å². The van der Waals surface area contributed by atoms with Gasteiger partial charge in [0, 0.05) is 51.9 Å². The van der Waals surface area contributed by atoms with Crippen molar-refractivity contribution < 1.29 is 9.52 Å². The van der Waals surface area contributed by atoms with E-state index in [1.807, 2.05) is 6.92 Å². The Morgan fingerprint density at radius 3 is 2.75 bits per heavy atom. The van der Waals surface area contributed by atoms with Crippen LogP contribution in [0.2, 0.25) is 0 Å². The molecule has 0 spiro atoms. The summed E-state index contributed by atoms with van der Waals surface area (Å²) in [6.07, 6.45) is 1.57. The molecule has 2 bridgehead atoms. The number of fused-ring (bicyclic) bond motifs is 3. The van der Waals surface area contributed by atoms with Gasteiger partial charge in [0.05, 0.1) is 12.8 Å². The number of aliphatic imine (C=N–C) groups is 1. The highest BCUT2D eigenvalue weighted by Gasteiger charge is 2.31. The zero-order valence-electron chi connectivity index (χ0n) is 14.7. The summed E-state index contributed by atoms with van der Waals surface area (Å²) in [6.45, 7) is 11.5. The number of guanidine groups is 1. The van der Waals surface area contributed by atoms with Crippen LogP contribution in [0.1, 0.15) is 19.6 Å². The van der Waals surface area contributed by atoms with Crippen LogP contribution in [0.5, 0.6) is 0 Å². The summed E-state index contributed by atoms with van der Waals surface area (Å²) in [4.78, 5) is 9.62. The highest BCUT2D eigenvalue weighted by molar-refractivity contribution is 5.79. The number of hydrogen-bond acceptors (Lipinski definition) is 5. The summed E-state index contributed by atoms with van der Waals surface area (Å²) in [5.41, 5.74) is -1.11. The summed E-state index contributed by atoms with van der Waals surface area (Å²) in [7, 11) is 0. The topological polar surface area (TPSA) is 76.3 Å². The zero-order chi connectivity index (χ0) is 17.0. The van der Waals surface area contributed by atoms with Crippen molar-refractivity contribution in [3.8, 4) is 0 Å². The van der Waals surface area contributed by atoms with Crippen LogP contribution in [0.4, 0.5) is 0 Å². The molecule has 1 aromatic heterocycles. The van der Waals surface area contributed by atoms with Gasteiger partial charge < -0.3 is 20.2 Å². The van der Waals surface area contributed by atoms with E-state index in [0.29, 0.717) is 11.8 Å². The van der Waals surface area contributed by atoms with Gasteiger partial charge in [-0.2, -0.15) is 0 Å². The van der Waals surface area contributed by atoms with Crippen LogP contribution in [-0.2, 0) is 5.60 Å². The number of hydrogen-bond donors (Lipinski definition) is 3. The van der Waals surface area contributed by atoms with E-state index in [2.05, 4.69) is 25.4 Å². The fourth-order valence-electron chi connectivity index (χ4n) is 3.37. The van der Waals surface area contributed by atoms with Crippen molar-refractivity contribution in [2.75, 3.05) is 52.4 Å². The molecule has 0 aromatic carbocycles. The molecule has 3 saturated heterocycles. The molecule has 7 heteroatoms. The van der Waals surface area contributed by atoms with Crippen LogP contribution in [0.3, 0.4) is 0 Å². The van der Waals surface area contributed by atoms with Crippen molar-refractivity contribution in [2.45, 2.75) is 25.5 Å². The third kappa shape index (κ3) is 4.09. The first-order chi connectivity index (χ1) is 11.6. The molecule has 0 aliphatic carbocycles. The fraction of sp³-hybridized carbons (Fsp3) is 0.706. The first-order valence-corrected chi connectivity index (χ1v) is 8.83. The van der Waals surface area contributed by atoms with Crippen LogP contribution < -0.4 is 10.6 Å². The molecule has 3 aliphatic heterocycles. The van der Waals surface area contributed by atoms with Gasteiger partial charge in [0.25, 0.3) is 0 Å². The second kappa shape index (κ2) is 7.55. The van der Waals surface area contributed by atoms with E-state index in [9.17, 15) is 5.11 Å². The van der Waals surface area contributed by atoms with Crippen molar-refractivity contribution in [1.82, 2.24) is 20.4 Å². The van der Waals surface area contributed by atoms with Gasteiger partial charge in [0.15, 0.2) is 5.96 Å². The van der Waals surface area contributed by atoms with E-state index >= 15 is 0 Å². The highest BCUT2D eigenvalue weighted by Crippen LogP contribution is 2.21. The van der Waals surface area contributed by atoms with Crippen molar-refractivity contribution in [3.63, 3.8) is 0 Å². The Labute approximate surface area is 143 Å². The maximum absolute atomic E-state index is 10.5. The van der Waals surface area contributed by atoms with Gasteiger partial charge in [-0.25, -0.2) is 4.99 Å². The summed E-state index contributed by atoms with van der Waals surface area (Å²) in [6, 6.07) is 4.08. The van der Waals surface area contributed by atoms with E-state index in [-0.39, 0.29) is 6.54 Å². The minimum absolute atomic E-state index is 0.246. The van der Waals surface area contributed by atoms with Crippen molar-refractivity contribution in [1.29, 1.82) is 0 Å². The number of piperazine rings is 3. The summed E-state index contributed by atoms with van der Waals surface area (Å²) in [5, 5.41) is 17.2. The van der Waals surface area contributed by atoms with Gasteiger partial charge in [-0.3, -0.25) is 9.80 Å². The molecule has 2 atom stereocenters. The Morgan fingerprint density at radius 2 is 2.17 bits per heavy atom. The van der Waals surface area contributed by atoms with E-state index in [4.69, 9.17) is 4.42 Å². The minimum Gasteiger partial charge on any atom is -0.466 e. The van der Waals surface area contributed by atoms with Crippen LogP contribution in [0.25, 0.3) is 0 Å². The van der Waals surface area contributed by atoms with Gasteiger partial charge in [0.1, 0.15) is 11.4 Å². The number of rotatable bonds is 6. The number of nitrogens with one attached hydrogen (secondary N) is 2. The monoisotopic (exact) mass is 335 g/mol. The Bertz CT molecular complexity index is 535. The quantitative estimate of drug-likeness (QED) is 0.503. The number of aliphatic hydroxyl groups is 1. The normalized spacial score (nSPS) is 29.3. The lowest BCUT2D eigenvalue weighted by Gasteiger charge is -2.47. The Morgan fingerprint density at radius 1 is 1.38 bits per heavy atom. The predicted octanol–water partition coefficient (Wildman–Crippen LogP) is 0.0420. The molecule has 24 heavy (non-hydrogen) atoms. The van der Waals surface area contributed by atoms with Crippen LogP contribution in [0, 0.1) is 0 Å². The lowest BCUT2D eigenvalue weighted by Crippen LogP contribution is -2.63. The second-order valence-corrected chi connectivity index (χ2v) is 6.82. The van der Waals surface area contributed by atoms with E-state index in [0.717, 1.165) is 38.7 Å². The lowest BCUT2D eigenvalue weighted by molar-refractivity contribution is 0.0153. The molecule has 7 nitrogen and oxygen atoms in total. The average molecular weight is 335 g/mol. The number of nitrogens with zero attached hydrogens (tertiary/aromatic N) is 3. The molecular formula is C17H29N5O2. The van der Waals surface area contributed by atoms with Crippen molar-refractivity contribution >= 4 is 5.96 Å². The van der Waals surface area contributed by atoms with E-state index < -0.39 is 5.60 Å². The molecule has 1 aromatic rings. The molecule has 3 aliphatic rings. The minimum atomic E-state index is -1.11. The third-order valence-electron chi connectivity index (χ3n) is 4.84. The summed E-state index contributed by atoms with van der Waals surface area (Å²) >= 11 is 0. The average Bonchev–Trinajstić information content (AvgIpc) is 3.14. The Balaban J connectivity index is 1.56. The van der Waals surface area contributed by atoms with Crippen LogP contribution >= 0.6 is 0 Å². The first-order valence-electron chi connectivity index (χ1n) is 8.83. The maximum Gasteiger partial charge on any atom is 0.191 e. The zero-order valence-corrected chi connectivity index (χ0v) is 14.7. The lowest BCUT2D eigenvalue weighted by atomic mass is 10.0. The predicted molar refractivity (Wildman–Crippen MR) is 94.1 cm³/mol. The van der Waals surface area contributed by atoms with Crippen molar-refractivity contribution in [3.05, 3.63) is 24.2 Å². The fourth-order valence-corrected chi connectivity index (χ4v) is 3.37. The molecule has 3 N–H and O–H groups in total. The summed E-state index contributed by atoms with van der Waals surface area (Å²) < 4.78 is 5.31. The standard InChI is InChI=1S/C17H29N5O2/c1-3-18-16(20-13-17(2,23)15-5-4-10-24-15)19-11-14-12-21-6-8-22(14)9-7-21/h4-5,10,14,23H,3,6-9,11-13H2,1-2H3,(H2,18,19,20). The number of furan rings is 1. The largest absolute Gasteiger partial charge is 0.466 e. The van der Waals surface area contributed by atoms with Gasteiger partial charge in [-0.1, -0.05) is 0 Å². The molecule has 2 unspecified atom stereocenters. The molecule has 134 valence electrons. The second-order valence-electron chi connectivity index (χ2n) is 6.82. The molecule has 4 heterocycles. The molecule has 4 rings (SSSR count).